The Hall–Kier alpha value is -2.46. The second-order valence-corrected chi connectivity index (χ2v) is 11.0. The first-order chi connectivity index (χ1) is 15.4. The van der Waals surface area contributed by atoms with Crippen molar-refractivity contribution in [1.82, 2.24) is 23.6 Å². The lowest BCUT2D eigenvalue weighted by Crippen LogP contribution is -2.38. The van der Waals surface area contributed by atoms with Crippen molar-refractivity contribution in [3.63, 3.8) is 0 Å². The van der Waals surface area contributed by atoms with Gasteiger partial charge in [-0.05, 0) is 62.8 Å². The summed E-state index contributed by atoms with van der Waals surface area (Å²) >= 11 is 0. The third kappa shape index (κ3) is 3.79. The zero-order valence-electron chi connectivity index (χ0n) is 18.3. The number of likely N-dealkylation sites (tertiary alicyclic amines) is 1. The maximum absolute atomic E-state index is 13.0. The summed E-state index contributed by atoms with van der Waals surface area (Å²) in [6.45, 7) is 2.30. The quantitative estimate of drug-likeness (QED) is 0.678. The Morgan fingerprint density at radius 2 is 1.59 bits per heavy atom. The molecule has 1 aliphatic carbocycles. The first kappa shape index (κ1) is 21.4. The van der Waals surface area contributed by atoms with Gasteiger partial charge in [-0.25, -0.2) is 17.9 Å². The fourth-order valence-electron chi connectivity index (χ4n) is 4.82. The molecule has 0 atom stereocenters. The minimum atomic E-state index is -3.48. The Morgan fingerprint density at radius 3 is 2.19 bits per heavy atom. The maximum atomic E-state index is 13.0. The summed E-state index contributed by atoms with van der Waals surface area (Å²) in [5.41, 5.74) is 0.446. The van der Waals surface area contributed by atoms with Crippen LogP contribution in [0.2, 0.25) is 0 Å². The minimum absolute atomic E-state index is 0.0509. The van der Waals surface area contributed by atoms with Gasteiger partial charge < -0.3 is 4.90 Å². The number of hydrogen-bond acceptors (Lipinski definition) is 5. The van der Waals surface area contributed by atoms with E-state index in [0.29, 0.717) is 31.7 Å². The Kier molecular flexibility index (Phi) is 5.45. The first-order valence-electron chi connectivity index (χ1n) is 11.4. The molecule has 32 heavy (non-hydrogen) atoms. The van der Waals surface area contributed by atoms with Gasteiger partial charge in [0.2, 0.25) is 10.0 Å². The molecule has 0 radical (unpaired) electrons. The number of amides is 1. The summed E-state index contributed by atoms with van der Waals surface area (Å²) in [7, 11) is -1.79. The number of carbonyl (C=O) groups is 1. The van der Waals surface area contributed by atoms with Crippen LogP contribution in [0.15, 0.2) is 34.0 Å². The summed E-state index contributed by atoms with van der Waals surface area (Å²) in [6.07, 6.45) is 5.35. The number of rotatable bonds is 5. The smallest absolute Gasteiger partial charge is 0.339 e. The SMILES string of the molecule is Cn1nc(C2CCN(C(=O)c3ccc(S(=O)(=O)N4CCCC4)cc3)CC2)n(C2CC2)c1=O. The molecule has 0 spiro atoms. The molecule has 0 N–H and O–H groups in total. The Balaban J connectivity index is 1.25. The lowest BCUT2D eigenvalue weighted by atomic mass is 9.95. The number of piperidine rings is 1. The van der Waals surface area contributed by atoms with Crippen molar-refractivity contribution in [3.8, 4) is 0 Å². The number of aromatic nitrogens is 3. The van der Waals surface area contributed by atoms with Gasteiger partial charge in [0.1, 0.15) is 5.82 Å². The molecule has 0 unspecified atom stereocenters. The molecule has 172 valence electrons. The van der Waals surface area contributed by atoms with Crippen LogP contribution in [0.25, 0.3) is 0 Å². The van der Waals surface area contributed by atoms with E-state index in [9.17, 15) is 18.0 Å². The van der Waals surface area contributed by atoms with Crippen LogP contribution in [0.5, 0.6) is 0 Å². The van der Waals surface area contributed by atoms with Gasteiger partial charge in [-0.15, -0.1) is 0 Å². The highest BCUT2D eigenvalue weighted by molar-refractivity contribution is 7.89. The normalized spacial score (nSPS) is 20.7. The number of nitrogens with zero attached hydrogens (tertiary/aromatic N) is 5. The summed E-state index contributed by atoms with van der Waals surface area (Å²) in [6, 6.07) is 6.58. The molecule has 3 fully saturated rings. The average molecular weight is 460 g/mol. The zero-order valence-corrected chi connectivity index (χ0v) is 19.1. The highest BCUT2D eigenvalue weighted by Gasteiger charge is 2.34. The molecule has 3 heterocycles. The zero-order chi connectivity index (χ0) is 22.5. The average Bonchev–Trinajstić information content (AvgIpc) is 3.38. The fourth-order valence-corrected chi connectivity index (χ4v) is 6.34. The molecular formula is C22H29N5O4S. The van der Waals surface area contributed by atoms with Gasteiger partial charge >= 0.3 is 5.69 Å². The lowest BCUT2D eigenvalue weighted by Gasteiger charge is -2.31. The van der Waals surface area contributed by atoms with Crippen molar-refractivity contribution in [2.75, 3.05) is 26.2 Å². The molecule has 0 bridgehead atoms. The van der Waals surface area contributed by atoms with E-state index in [0.717, 1.165) is 44.3 Å². The number of aryl methyl sites for hydroxylation is 1. The molecule has 1 aromatic heterocycles. The fraction of sp³-hybridized carbons (Fsp3) is 0.591. The second-order valence-electron chi connectivity index (χ2n) is 9.07. The summed E-state index contributed by atoms with van der Waals surface area (Å²) in [5.74, 6) is 0.930. The molecule has 5 rings (SSSR count). The number of sulfonamides is 1. The van der Waals surface area contributed by atoms with Crippen molar-refractivity contribution >= 4 is 15.9 Å². The van der Waals surface area contributed by atoms with E-state index in [1.54, 1.807) is 19.2 Å². The van der Waals surface area contributed by atoms with Crippen molar-refractivity contribution in [2.45, 2.75) is 55.4 Å². The minimum Gasteiger partial charge on any atom is -0.339 e. The first-order valence-corrected chi connectivity index (χ1v) is 12.8. The van der Waals surface area contributed by atoms with Crippen LogP contribution in [-0.4, -0.2) is 64.1 Å². The van der Waals surface area contributed by atoms with Crippen molar-refractivity contribution < 1.29 is 13.2 Å². The highest BCUT2D eigenvalue weighted by atomic mass is 32.2. The summed E-state index contributed by atoms with van der Waals surface area (Å²) < 4.78 is 30.2. The molecule has 10 heteroatoms. The van der Waals surface area contributed by atoms with Gasteiger partial charge in [0.05, 0.1) is 4.90 Å². The van der Waals surface area contributed by atoms with Crippen LogP contribution < -0.4 is 5.69 Å². The molecule has 3 aliphatic rings. The number of benzene rings is 1. The van der Waals surface area contributed by atoms with E-state index in [4.69, 9.17) is 0 Å². The predicted octanol–water partition coefficient (Wildman–Crippen LogP) is 1.72. The summed E-state index contributed by atoms with van der Waals surface area (Å²) in [5, 5.41) is 4.49. The van der Waals surface area contributed by atoms with Gasteiger partial charge in [-0.1, -0.05) is 0 Å². The molecule has 2 saturated heterocycles. The van der Waals surface area contributed by atoms with Gasteiger partial charge in [-0.3, -0.25) is 9.36 Å². The van der Waals surface area contributed by atoms with E-state index in [1.807, 2.05) is 9.47 Å². The molecule has 1 aromatic carbocycles. The van der Waals surface area contributed by atoms with Gasteiger partial charge in [0.25, 0.3) is 5.91 Å². The van der Waals surface area contributed by atoms with Crippen molar-refractivity contribution in [1.29, 1.82) is 0 Å². The van der Waals surface area contributed by atoms with Gasteiger partial charge in [0.15, 0.2) is 0 Å². The second kappa shape index (κ2) is 8.15. The topological polar surface area (TPSA) is 97.5 Å². The molecule has 2 aromatic rings. The molecule has 2 aliphatic heterocycles. The molecule has 9 nitrogen and oxygen atoms in total. The maximum Gasteiger partial charge on any atom is 0.345 e. The molecule has 1 amide bonds. The van der Waals surface area contributed by atoms with Crippen LogP contribution in [0.3, 0.4) is 0 Å². The Morgan fingerprint density at radius 1 is 0.969 bits per heavy atom. The van der Waals surface area contributed by atoms with E-state index >= 15 is 0 Å². The van der Waals surface area contributed by atoms with Crippen molar-refractivity contribution in [3.05, 3.63) is 46.1 Å². The van der Waals surface area contributed by atoms with Crippen LogP contribution in [0, 0.1) is 0 Å². The van der Waals surface area contributed by atoms with E-state index in [2.05, 4.69) is 5.10 Å². The van der Waals surface area contributed by atoms with Crippen LogP contribution in [0.4, 0.5) is 0 Å². The highest BCUT2D eigenvalue weighted by Crippen LogP contribution is 2.37. The van der Waals surface area contributed by atoms with Gasteiger partial charge in [0, 0.05) is 50.7 Å². The van der Waals surface area contributed by atoms with Crippen molar-refractivity contribution in [2.24, 2.45) is 7.05 Å². The Bertz CT molecular complexity index is 1170. The monoisotopic (exact) mass is 459 g/mol. The standard InChI is InChI=1S/C22H29N5O4S/c1-24-22(29)27(18-6-7-18)20(23-24)16-10-14-25(15-11-16)21(28)17-4-8-19(9-5-17)32(30,31)26-12-2-3-13-26/h4-5,8-9,16,18H,2-3,6-7,10-15H2,1H3. The van der Waals surface area contributed by atoms with Crippen LogP contribution >= 0.6 is 0 Å². The van der Waals surface area contributed by atoms with E-state index < -0.39 is 10.0 Å². The molecular weight excluding hydrogens is 430 g/mol. The van der Waals surface area contributed by atoms with Gasteiger partial charge in [-0.2, -0.15) is 9.40 Å². The Labute approximate surface area is 187 Å². The molecule has 1 saturated carbocycles. The third-order valence-corrected chi connectivity index (χ3v) is 8.76. The van der Waals surface area contributed by atoms with Crippen LogP contribution in [-0.2, 0) is 17.1 Å². The summed E-state index contributed by atoms with van der Waals surface area (Å²) in [4.78, 5) is 27.4. The lowest BCUT2D eigenvalue weighted by molar-refractivity contribution is 0.0710. The largest absolute Gasteiger partial charge is 0.345 e. The predicted molar refractivity (Wildman–Crippen MR) is 118 cm³/mol. The van der Waals surface area contributed by atoms with E-state index in [1.165, 1.54) is 21.1 Å². The third-order valence-electron chi connectivity index (χ3n) is 6.85. The number of carbonyl (C=O) groups excluding carboxylic acids is 1. The number of hydrogen-bond donors (Lipinski definition) is 0. The van der Waals surface area contributed by atoms with Crippen LogP contribution in [0.1, 0.15) is 66.7 Å². The van der Waals surface area contributed by atoms with E-state index in [-0.39, 0.29) is 28.5 Å².